The van der Waals surface area contributed by atoms with Crippen LogP contribution in [0.25, 0.3) is 0 Å². The van der Waals surface area contributed by atoms with Crippen molar-refractivity contribution in [2.45, 2.75) is 44.6 Å². The molecule has 1 amide bonds. The standard InChI is InChI=1S/C12H18F6N2O/c1-2-20(8-5-3-4-7(8)6-19)10(21)9(11(13,14)15)12(16,17)18/h7-9H,2-6,19H2,1H3. The molecule has 2 N–H and O–H groups in total. The fraction of sp³-hybridized carbons (Fsp3) is 0.917. The van der Waals surface area contributed by atoms with Crippen molar-refractivity contribution in [2.75, 3.05) is 13.1 Å². The largest absolute Gasteiger partial charge is 0.409 e. The highest BCUT2D eigenvalue weighted by atomic mass is 19.4. The van der Waals surface area contributed by atoms with Gasteiger partial charge >= 0.3 is 12.4 Å². The van der Waals surface area contributed by atoms with Gasteiger partial charge in [-0.3, -0.25) is 4.79 Å². The van der Waals surface area contributed by atoms with Crippen molar-refractivity contribution in [1.82, 2.24) is 4.90 Å². The number of hydrogen-bond donors (Lipinski definition) is 1. The molecular formula is C12H18F6N2O. The molecule has 0 heterocycles. The fourth-order valence-corrected chi connectivity index (χ4v) is 2.89. The van der Waals surface area contributed by atoms with Gasteiger partial charge in [-0.25, -0.2) is 0 Å². The van der Waals surface area contributed by atoms with Gasteiger partial charge in [0.15, 0.2) is 0 Å². The SMILES string of the molecule is CCN(C(=O)C(C(F)(F)F)C(F)(F)F)C1CCCC1CN. The molecule has 2 unspecified atom stereocenters. The molecule has 0 aromatic carbocycles. The van der Waals surface area contributed by atoms with Gasteiger partial charge in [-0.05, 0) is 32.2 Å². The van der Waals surface area contributed by atoms with Crippen LogP contribution in [0.15, 0.2) is 0 Å². The third-order valence-electron chi connectivity index (χ3n) is 3.85. The van der Waals surface area contributed by atoms with E-state index in [1.54, 1.807) is 0 Å². The van der Waals surface area contributed by atoms with Crippen LogP contribution in [-0.4, -0.2) is 42.3 Å². The zero-order valence-electron chi connectivity index (χ0n) is 11.5. The number of nitrogens with two attached hydrogens (primary N) is 1. The van der Waals surface area contributed by atoms with Crippen LogP contribution in [0.1, 0.15) is 26.2 Å². The van der Waals surface area contributed by atoms with Crippen LogP contribution in [-0.2, 0) is 4.79 Å². The summed E-state index contributed by atoms with van der Waals surface area (Å²) in [6.07, 6.45) is -9.68. The molecule has 1 aliphatic rings. The first-order valence-electron chi connectivity index (χ1n) is 6.68. The first-order chi connectivity index (χ1) is 9.54. The Labute approximate surface area is 118 Å². The minimum absolute atomic E-state index is 0.136. The fourth-order valence-electron chi connectivity index (χ4n) is 2.89. The monoisotopic (exact) mass is 320 g/mol. The summed E-state index contributed by atoms with van der Waals surface area (Å²) in [5.41, 5.74) is 5.48. The van der Waals surface area contributed by atoms with Gasteiger partial charge < -0.3 is 10.6 Å². The lowest BCUT2D eigenvalue weighted by molar-refractivity contribution is -0.278. The molecule has 0 aromatic rings. The van der Waals surface area contributed by atoms with Crippen molar-refractivity contribution in [3.63, 3.8) is 0 Å². The highest BCUT2D eigenvalue weighted by molar-refractivity contribution is 5.80. The Kier molecular flexibility index (Phi) is 5.51. The smallest absolute Gasteiger partial charge is 0.339 e. The second kappa shape index (κ2) is 6.41. The van der Waals surface area contributed by atoms with E-state index >= 15 is 0 Å². The quantitative estimate of drug-likeness (QED) is 0.810. The molecule has 0 aliphatic heterocycles. The van der Waals surface area contributed by atoms with Crippen LogP contribution in [0.5, 0.6) is 0 Å². The predicted molar refractivity (Wildman–Crippen MR) is 63.2 cm³/mol. The molecule has 0 spiro atoms. The van der Waals surface area contributed by atoms with E-state index in [4.69, 9.17) is 5.73 Å². The molecule has 1 fully saturated rings. The average Bonchev–Trinajstić information content (AvgIpc) is 2.74. The van der Waals surface area contributed by atoms with Crippen molar-refractivity contribution < 1.29 is 31.1 Å². The summed E-state index contributed by atoms with van der Waals surface area (Å²) in [6, 6.07) is -0.653. The van der Waals surface area contributed by atoms with Gasteiger partial charge in [0, 0.05) is 12.6 Å². The van der Waals surface area contributed by atoms with Crippen LogP contribution in [0, 0.1) is 11.8 Å². The second-order valence-electron chi connectivity index (χ2n) is 5.13. The summed E-state index contributed by atoms with van der Waals surface area (Å²) < 4.78 is 75.8. The van der Waals surface area contributed by atoms with Crippen LogP contribution in [0.3, 0.4) is 0 Å². The van der Waals surface area contributed by atoms with Crippen LogP contribution < -0.4 is 5.73 Å². The van der Waals surface area contributed by atoms with Crippen LogP contribution in [0.2, 0.25) is 0 Å². The number of nitrogens with zero attached hydrogens (tertiary/aromatic N) is 1. The number of halogens is 6. The van der Waals surface area contributed by atoms with Crippen LogP contribution >= 0.6 is 0 Å². The summed E-state index contributed by atoms with van der Waals surface area (Å²) >= 11 is 0. The van der Waals surface area contributed by atoms with Gasteiger partial charge in [0.1, 0.15) is 0 Å². The Morgan fingerprint density at radius 1 is 1.19 bits per heavy atom. The lowest BCUT2D eigenvalue weighted by atomic mass is 9.99. The lowest BCUT2D eigenvalue weighted by Gasteiger charge is -2.35. The van der Waals surface area contributed by atoms with Gasteiger partial charge in [-0.1, -0.05) is 6.42 Å². The van der Waals surface area contributed by atoms with Crippen molar-refractivity contribution >= 4 is 5.91 Å². The normalized spacial score (nSPS) is 23.7. The minimum atomic E-state index is -5.65. The summed E-state index contributed by atoms with van der Waals surface area (Å²) in [4.78, 5) is 12.6. The number of rotatable bonds is 4. The van der Waals surface area contributed by atoms with E-state index in [1.165, 1.54) is 6.92 Å². The van der Waals surface area contributed by atoms with Crippen molar-refractivity contribution in [1.29, 1.82) is 0 Å². The Hall–Kier alpha value is -0.990. The van der Waals surface area contributed by atoms with E-state index in [0.717, 1.165) is 0 Å². The highest BCUT2D eigenvalue weighted by Gasteiger charge is 2.62. The minimum Gasteiger partial charge on any atom is -0.339 e. The van der Waals surface area contributed by atoms with Gasteiger partial charge in [0.2, 0.25) is 11.8 Å². The molecule has 21 heavy (non-hydrogen) atoms. The Morgan fingerprint density at radius 2 is 1.71 bits per heavy atom. The molecule has 1 saturated carbocycles. The molecule has 3 nitrogen and oxygen atoms in total. The maximum Gasteiger partial charge on any atom is 0.409 e. The first-order valence-corrected chi connectivity index (χ1v) is 6.68. The van der Waals surface area contributed by atoms with Gasteiger partial charge in [-0.15, -0.1) is 0 Å². The number of carbonyl (C=O) groups excluding carboxylic acids is 1. The van der Waals surface area contributed by atoms with E-state index in [9.17, 15) is 31.1 Å². The van der Waals surface area contributed by atoms with E-state index in [2.05, 4.69) is 0 Å². The number of hydrogen-bond acceptors (Lipinski definition) is 2. The number of alkyl halides is 6. The third kappa shape index (κ3) is 4.02. The second-order valence-corrected chi connectivity index (χ2v) is 5.13. The molecule has 0 aromatic heterocycles. The maximum absolute atomic E-state index is 12.6. The van der Waals surface area contributed by atoms with Crippen LogP contribution in [0.4, 0.5) is 26.3 Å². The van der Waals surface area contributed by atoms with Crippen molar-refractivity contribution in [3.8, 4) is 0 Å². The Bertz CT molecular complexity index is 354. The van der Waals surface area contributed by atoms with Gasteiger partial charge in [0.05, 0.1) is 0 Å². The number of amides is 1. The average molecular weight is 320 g/mol. The Balaban J connectivity index is 3.05. The predicted octanol–water partition coefficient (Wildman–Crippen LogP) is 2.70. The number of carbonyl (C=O) groups is 1. The lowest BCUT2D eigenvalue weighted by Crippen LogP contribution is -2.53. The van der Waals surface area contributed by atoms with E-state index in [0.29, 0.717) is 24.2 Å². The summed E-state index contributed by atoms with van der Waals surface area (Å²) in [7, 11) is 0. The van der Waals surface area contributed by atoms with Gasteiger partial charge in [-0.2, -0.15) is 26.3 Å². The molecule has 1 aliphatic carbocycles. The topological polar surface area (TPSA) is 46.3 Å². The Morgan fingerprint density at radius 3 is 2.10 bits per heavy atom. The molecule has 124 valence electrons. The molecule has 0 saturated heterocycles. The summed E-state index contributed by atoms with van der Waals surface area (Å²) in [5.74, 6) is -6.15. The zero-order valence-corrected chi connectivity index (χ0v) is 11.5. The van der Waals surface area contributed by atoms with Gasteiger partial charge in [0.25, 0.3) is 0 Å². The molecule has 2 atom stereocenters. The summed E-state index contributed by atoms with van der Waals surface area (Å²) in [6.45, 7) is 1.30. The van der Waals surface area contributed by atoms with E-state index < -0.39 is 30.2 Å². The van der Waals surface area contributed by atoms with E-state index in [-0.39, 0.29) is 19.0 Å². The summed E-state index contributed by atoms with van der Waals surface area (Å²) in [5, 5.41) is 0. The zero-order chi connectivity index (χ0) is 16.4. The third-order valence-corrected chi connectivity index (χ3v) is 3.85. The first kappa shape index (κ1) is 18.1. The molecule has 0 radical (unpaired) electrons. The molecule has 9 heteroatoms. The molecule has 0 bridgehead atoms. The highest BCUT2D eigenvalue weighted by Crippen LogP contribution is 2.41. The molecule has 1 rings (SSSR count). The molecular weight excluding hydrogens is 302 g/mol. The van der Waals surface area contributed by atoms with Crippen molar-refractivity contribution in [3.05, 3.63) is 0 Å². The maximum atomic E-state index is 12.6. The van der Waals surface area contributed by atoms with E-state index in [1.807, 2.05) is 0 Å². The van der Waals surface area contributed by atoms with Crippen molar-refractivity contribution in [2.24, 2.45) is 17.6 Å².